The highest BCUT2D eigenvalue weighted by Gasteiger charge is 2.19. The van der Waals surface area contributed by atoms with E-state index in [1.807, 2.05) is 12.1 Å². The van der Waals surface area contributed by atoms with Crippen molar-refractivity contribution in [2.75, 3.05) is 32.1 Å². The Morgan fingerprint density at radius 2 is 1.92 bits per heavy atom. The van der Waals surface area contributed by atoms with Gasteiger partial charge in [-0.3, -0.25) is 4.90 Å². The van der Waals surface area contributed by atoms with Crippen molar-refractivity contribution in [1.29, 1.82) is 5.26 Å². The summed E-state index contributed by atoms with van der Waals surface area (Å²) in [5, 5.41) is 12.3. The first-order valence-corrected chi connectivity index (χ1v) is 8.58. The highest BCUT2D eigenvalue weighted by atomic mass is 16.5. The van der Waals surface area contributed by atoms with Crippen molar-refractivity contribution in [3.8, 4) is 11.8 Å². The quantitative estimate of drug-likeness (QED) is 0.873. The molecule has 0 bridgehead atoms. The van der Waals surface area contributed by atoms with Crippen LogP contribution in [0, 0.1) is 17.2 Å². The molecule has 0 aliphatic carbocycles. The van der Waals surface area contributed by atoms with Crippen molar-refractivity contribution >= 4 is 5.82 Å². The lowest BCUT2D eigenvalue weighted by Gasteiger charge is -2.32. The highest BCUT2D eigenvalue weighted by Crippen LogP contribution is 2.21. The van der Waals surface area contributed by atoms with Crippen LogP contribution in [0.25, 0.3) is 0 Å². The van der Waals surface area contributed by atoms with Crippen molar-refractivity contribution in [2.45, 2.75) is 19.4 Å². The minimum Gasteiger partial charge on any atom is -0.497 e. The molecule has 1 saturated heterocycles. The third-order valence-electron chi connectivity index (χ3n) is 4.63. The average molecular weight is 337 g/mol. The Kier molecular flexibility index (Phi) is 5.81. The molecule has 0 saturated carbocycles. The number of piperidine rings is 1. The van der Waals surface area contributed by atoms with Crippen LogP contribution in [0.4, 0.5) is 5.82 Å². The smallest absolute Gasteiger partial charge is 0.182 e. The number of nitrogens with zero attached hydrogens (tertiary/aromatic N) is 4. The predicted molar refractivity (Wildman–Crippen MR) is 96.2 cm³/mol. The molecule has 6 heteroatoms. The summed E-state index contributed by atoms with van der Waals surface area (Å²) in [4.78, 5) is 10.7. The molecule has 25 heavy (non-hydrogen) atoms. The van der Waals surface area contributed by atoms with Crippen LogP contribution in [0.2, 0.25) is 0 Å². The number of hydrogen-bond acceptors (Lipinski definition) is 6. The second kappa shape index (κ2) is 8.45. The molecule has 0 radical (unpaired) electrons. The van der Waals surface area contributed by atoms with Crippen LogP contribution in [0.15, 0.2) is 36.7 Å². The van der Waals surface area contributed by atoms with E-state index in [4.69, 9.17) is 10.00 Å². The number of methoxy groups -OCH3 is 1. The van der Waals surface area contributed by atoms with Crippen LogP contribution in [0.5, 0.6) is 5.75 Å². The maximum Gasteiger partial charge on any atom is 0.182 e. The second-order valence-corrected chi connectivity index (χ2v) is 6.31. The topological polar surface area (TPSA) is 74.1 Å². The Morgan fingerprint density at radius 3 is 2.60 bits per heavy atom. The summed E-state index contributed by atoms with van der Waals surface area (Å²) in [6, 6.07) is 10.4. The first-order valence-electron chi connectivity index (χ1n) is 8.58. The first kappa shape index (κ1) is 17.2. The van der Waals surface area contributed by atoms with Gasteiger partial charge >= 0.3 is 0 Å². The predicted octanol–water partition coefficient (Wildman–Crippen LogP) is 2.68. The van der Waals surface area contributed by atoms with Gasteiger partial charge in [-0.1, -0.05) is 12.1 Å². The van der Waals surface area contributed by atoms with Gasteiger partial charge in [0.15, 0.2) is 11.5 Å². The number of anilines is 1. The molecule has 1 aliphatic rings. The third-order valence-corrected chi connectivity index (χ3v) is 4.63. The van der Waals surface area contributed by atoms with Crippen LogP contribution in [-0.4, -0.2) is 41.6 Å². The van der Waals surface area contributed by atoms with Gasteiger partial charge in [0.25, 0.3) is 0 Å². The van der Waals surface area contributed by atoms with Gasteiger partial charge in [0.2, 0.25) is 0 Å². The highest BCUT2D eigenvalue weighted by molar-refractivity contribution is 5.46. The van der Waals surface area contributed by atoms with Crippen molar-refractivity contribution in [2.24, 2.45) is 5.92 Å². The maximum absolute atomic E-state index is 9.06. The largest absolute Gasteiger partial charge is 0.497 e. The van der Waals surface area contributed by atoms with Gasteiger partial charge in [-0.05, 0) is 49.5 Å². The van der Waals surface area contributed by atoms with E-state index in [9.17, 15) is 0 Å². The van der Waals surface area contributed by atoms with Gasteiger partial charge < -0.3 is 10.1 Å². The van der Waals surface area contributed by atoms with E-state index in [1.165, 1.54) is 5.56 Å². The van der Waals surface area contributed by atoms with Crippen molar-refractivity contribution < 1.29 is 4.74 Å². The number of nitriles is 1. The molecule has 0 atom stereocenters. The number of nitrogens with one attached hydrogen (secondary N) is 1. The maximum atomic E-state index is 9.06. The van der Waals surface area contributed by atoms with Gasteiger partial charge in [-0.15, -0.1) is 0 Å². The third kappa shape index (κ3) is 4.68. The Hall–Kier alpha value is -2.65. The van der Waals surface area contributed by atoms with Gasteiger partial charge in [-0.25, -0.2) is 9.97 Å². The molecule has 2 aromatic rings. The zero-order valence-corrected chi connectivity index (χ0v) is 14.5. The summed E-state index contributed by atoms with van der Waals surface area (Å²) in [7, 11) is 1.69. The minimum atomic E-state index is 0.361. The van der Waals surface area contributed by atoms with Crippen molar-refractivity contribution in [3.05, 3.63) is 47.9 Å². The monoisotopic (exact) mass is 337 g/mol. The summed E-state index contributed by atoms with van der Waals surface area (Å²) in [6.07, 6.45) is 5.44. The molecule has 2 heterocycles. The molecule has 1 fully saturated rings. The first-order chi connectivity index (χ1) is 12.3. The van der Waals surface area contributed by atoms with Crippen LogP contribution in [0.1, 0.15) is 24.1 Å². The molecule has 1 aliphatic heterocycles. The van der Waals surface area contributed by atoms with E-state index in [1.54, 1.807) is 19.5 Å². The average Bonchev–Trinajstić information content (AvgIpc) is 2.68. The number of benzene rings is 1. The molecule has 1 aromatic heterocycles. The van der Waals surface area contributed by atoms with Crippen LogP contribution < -0.4 is 10.1 Å². The van der Waals surface area contributed by atoms with Crippen LogP contribution >= 0.6 is 0 Å². The zero-order chi connectivity index (χ0) is 17.5. The van der Waals surface area contributed by atoms with E-state index in [2.05, 4.69) is 38.4 Å². The molecule has 0 spiro atoms. The summed E-state index contributed by atoms with van der Waals surface area (Å²) in [5.41, 5.74) is 1.68. The summed E-state index contributed by atoms with van der Waals surface area (Å²) < 4.78 is 5.20. The molecule has 130 valence electrons. The van der Waals surface area contributed by atoms with E-state index in [0.29, 0.717) is 17.4 Å². The Balaban J connectivity index is 1.44. The standard InChI is InChI=1S/C19H23N5O/c1-25-17-4-2-16(3-5-17)14-24-10-6-15(7-11-24)13-23-19-18(12-20)21-8-9-22-19/h2-5,8-9,15H,6-7,10-11,13-14H2,1H3,(H,22,23). The van der Waals surface area contributed by atoms with Gasteiger partial charge in [0, 0.05) is 25.5 Å². The number of ether oxygens (including phenoxy) is 1. The van der Waals surface area contributed by atoms with Crippen molar-refractivity contribution in [1.82, 2.24) is 14.9 Å². The lowest BCUT2D eigenvalue weighted by atomic mass is 9.96. The fraction of sp³-hybridized carbons (Fsp3) is 0.421. The van der Waals surface area contributed by atoms with Gasteiger partial charge in [0.1, 0.15) is 11.8 Å². The summed E-state index contributed by atoms with van der Waals surface area (Å²) >= 11 is 0. The van der Waals surface area contributed by atoms with Gasteiger partial charge in [-0.2, -0.15) is 5.26 Å². The number of aromatic nitrogens is 2. The SMILES string of the molecule is COc1ccc(CN2CCC(CNc3nccnc3C#N)CC2)cc1. The molecule has 0 amide bonds. The lowest BCUT2D eigenvalue weighted by molar-refractivity contribution is 0.182. The molecule has 3 rings (SSSR count). The van der Waals surface area contributed by atoms with Crippen molar-refractivity contribution in [3.63, 3.8) is 0 Å². The Morgan fingerprint density at radius 1 is 1.20 bits per heavy atom. The number of likely N-dealkylation sites (tertiary alicyclic amines) is 1. The molecular formula is C19H23N5O. The summed E-state index contributed by atoms with van der Waals surface area (Å²) in [5.74, 6) is 2.08. The number of rotatable bonds is 6. The normalized spacial score (nSPS) is 15.5. The zero-order valence-electron chi connectivity index (χ0n) is 14.5. The molecule has 0 unspecified atom stereocenters. The number of hydrogen-bond donors (Lipinski definition) is 1. The van der Waals surface area contributed by atoms with E-state index < -0.39 is 0 Å². The molecular weight excluding hydrogens is 314 g/mol. The Bertz CT molecular complexity index is 717. The minimum absolute atomic E-state index is 0.361. The second-order valence-electron chi connectivity index (χ2n) is 6.31. The van der Waals surface area contributed by atoms with E-state index in [0.717, 1.165) is 44.8 Å². The van der Waals surface area contributed by atoms with Crippen LogP contribution in [-0.2, 0) is 6.54 Å². The lowest BCUT2D eigenvalue weighted by Crippen LogP contribution is -2.35. The fourth-order valence-corrected chi connectivity index (χ4v) is 3.13. The van der Waals surface area contributed by atoms with Crippen LogP contribution in [0.3, 0.4) is 0 Å². The van der Waals surface area contributed by atoms with E-state index >= 15 is 0 Å². The fourth-order valence-electron chi connectivity index (χ4n) is 3.13. The van der Waals surface area contributed by atoms with Gasteiger partial charge in [0.05, 0.1) is 7.11 Å². The van der Waals surface area contributed by atoms with E-state index in [-0.39, 0.29) is 0 Å². The Labute approximate surface area is 148 Å². The molecule has 6 nitrogen and oxygen atoms in total. The molecule has 1 aromatic carbocycles. The summed E-state index contributed by atoms with van der Waals surface area (Å²) in [6.45, 7) is 3.99. The molecule has 1 N–H and O–H groups in total.